The predicted molar refractivity (Wildman–Crippen MR) is 57.9 cm³/mol. The van der Waals surface area contributed by atoms with Gasteiger partial charge in [-0.3, -0.25) is 9.78 Å². The van der Waals surface area contributed by atoms with Crippen molar-refractivity contribution in [2.75, 3.05) is 0 Å². The Bertz CT molecular complexity index is 504. The highest BCUT2D eigenvalue weighted by atomic mass is 16.5. The molecule has 2 fully saturated rings. The van der Waals surface area contributed by atoms with Crippen LogP contribution >= 0.6 is 0 Å². The van der Waals surface area contributed by atoms with Gasteiger partial charge < -0.3 is 4.74 Å². The van der Waals surface area contributed by atoms with Crippen LogP contribution in [0.5, 0.6) is 0 Å². The average Bonchev–Trinajstić information content (AvgIpc) is 2.84. The van der Waals surface area contributed by atoms with Gasteiger partial charge in [-0.15, -0.1) is 0 Å². The van der Waals surface area contributed by atoms with Gasteiger partial charge in [-0.25, -0.2) is 9.48 Å². The molecule has 0 spiro atoms. The van der Waals surface area contributed by atoms with E-state index in [1.54, 1.807) is 7.05 Å². The number of fused-ring (bicyclic) bond motifs is 1. The molecule has 92 valence electrons. The minimum Gasteiger partial charge on any atom is -0.457 e. The zero-order valence-corrected chi connectivity index (χ0v) is 9.68. The highest BCUT2D eigenvalue weighted by Crippen LogP contribution is 2.55. The van der Waals surface area contributed by atoms with Crippen molar-refractivity contribution in [2.24, 2.45) is 24.8 Å². The molecule has 6 nitrogen and oxygen atoms in total. The van der Waals surface area contributed by atoms with Crippen molar-refractivity contribution in [1.82, 2.24) is 14.8 Å². The topological polar surface area (TPSA) is 77.0 Å². The fourth-order valence-electron chi connectivity index (χ4n) is 2.76. The lowest BCUT2D eigenvalue weighted by Gasteiger charge is -2.10. The van der Waals surface area contributed by atoms with Crippen LogP contribution in [0.15, 0.2) is 4.79 Å². The lowest BCUT2D eigenvalue weighted by molar-refractivity contribution is -0.150. The van der Waals surface area contributed by atoms with E-state index >= 15 is 0 Å². The number of esters is 1. The molecule has 6 heteroatoms. The first-order valence-corrected chi connectivity index (χ1v) is 5.94. The van der Waals surface area contributed by atoms with Crippen LogP contribution in [0.3, 0.4) is 0 Å². The first-order valence-electron chi connectivity index (χ1n) is 5.94. The Kier molecular flexibility index (Phi) is 2.31. The molecule has 0 radical (unpaired) electrons. The van der Waals surface area contributed by atoms with Crippen molar-refractivity contribution in [1.29, 1.82) is 0 Å². The molecule has 0 saturated heterocycles. The molecule has 2 aliphatic rings. The molecule has 0 unspecified atom stereocenters. The summed E-state index contributed by atoms with van der Waals surface area (Å²) < 4.78 is 6.38. The van der Waals surface area contributed by atoms with E-state index in [1.165, 1.54) is 11.1 Å². The third kappa shape index (κ3) is 1.87. The number of ether oxygens (including phenoxy) is 1. The molecule has 3 rings (SSSR count). The van der Waals surface area contributed by atoms with E-state index in [9.17, 15) is 9.59 Å². The number of nitrogens with zero attached hydrogens (tertiary/aromatic N) is 2. The molecule has 2 aliphatic carbocycles. The number of nitrogens with one attached hydrogen (secondary N) is 1. The Labute approximate surface area is 98.0 Å². The fraction of sp³-hybridized carbons (Fsp3) is 0.727. The number of aryl methyl sites for hydroxylation is 1. The third-order valence-corrected chi connectivity index (χ3v) is 3.81. The van der Waals surface area contributed by atoms with E-state index in [1.807, 2.05) is 0 Å². The number of H-pyrrole nitrogens is 1. The number of hydrogen-bond acceptors (Lipinski definition) is 4. The van der Waals surface area contributed by atoms with Crippen LogP contribution in [-0.4, -0.2) is 20.7 Å². The summed E-state index contributed by atoms with van der Waals surface area (Å²) in [4.78, 5) is 25.4. The summed E-state index contributed by atoms with van der Waals surface area (Å²) in [7, 11) is 1.55. The monoisotopic (exact) mass is 237 g/mol. The molecule has 0 bridgehead atoms. The maximum Gasteiger partial charge on any atom is 0.343 e. The van der Waals surface area contributed by atoms with Crippen LogP contribution < -0.4 is 5.69 Å². The van der Waals surface area contributed by atoms with Gasteiger partial charge in [0.15, 0.2) is 12.4 Å². The highest BCUT2D eigenvalue weighted by molar-refractivity contribution is 5.73. The minimum absolute atomic E-state index is 0.0583. The zero-order chi connectivity index (χ0) is 12.0. The van der Waals surface area contributed by atoms with Gasteiger partial charge in [0.2, 0.25) is 0 Å². The van der Waals surface area contributed by atoms with E-state index in [2.05, 4.69) is 10.1 Å². The molecular weight excluding hydrogens is 222 g/mol. The first-order chi connectivity index (χ1) is 8.15. The lowest BCUT2D eigenvalue weighted by atomic mass is 10.0. The third-order valence-electron chi connectivity index (χ3n) is 3.81. The molecule has 2 saturated carbocycles. The van der Waals surface area contributed by atoms with E-state index in [4.69, 9.17) is 4.74 Å². The van der Waals surface area contributed by atoms with Gasteiger partial charge in [-0.1, -0.05) is 0 Å². The Hall–Kier alpha value is -1.59. The normalized spacial score (nSPS) is 30.1. The van der Waals surface area contributed by atoms with Crippen molar-refractivity contribution in [3.05, 3.63) is 16.3 Å². The molecule has 1 N–H and O–H groups in total. The Morgan fingerprint density at radius 3 is 2.94 bits per heavy atom. The van der Waals surface area contributed by atoms with Crippen molar-refractivity contribution < 1.29 is 9.53 Å². The average molecular weight is 237 g/mol. The van der Waals surface area contributed by atoms with Gasteiger partial charge in [-0.05, 0) is 31.1 Å². The number of aromatic nitrogens is 3. The van der Waals surface area contributed by atoms with Gasteiger partial charge in [0, 0.05) is 7.05 Å². The first kappa shape index (κ1) is 10.6. The minimum atomic E-state index is -0.292. The summed E-state index contributed by atoms with van der Waals surface area (Å²) in [5.41, 5.74) is -0.292. The van der Waals surface area contributed by atoms with Gasteiger partial charge in [0.1, 0.15) is 0 Å². The predicted octanol–water partition coefficient (Wildman–Crippen LogP) is 0.198. The maximum absolute atomic E-state index is 11.8. The van der Waals surface area contributed by atoms with Gasteiger partial charge >= 0.3 is 11.7 Å². The number of carbonyl (C=O) groups excluding carboxylic acids is 1. The quantitative estimate of drug-likeness (QED) is 0.762. The molecule has 17 heavy (non-hydrogen) atoms. The summed E-state index contributed by atoms with van der Waals surface area (Å²) in [5, 5.41) is 3.91. The molecule has 1 heterocycles. The molecule has 0 aliphatic heterocycles. The molecule has 3 atom stereocenters. The molecular formula is C11H15N3O3. The van der Waals surface area contributed by atoms with Gasteiger partial charge in [0.05, 0.1) is 5.92 Å². The summed E-state index contributed by atoms with van der Waals surface area (Å²) in [5.74, 6) is 1.67. The van der Waals surface area contributed by atoms with E-state index < -0.39 is 0 Å². The zero-order valence-electron chi connectivity index (χ0n) is 9.68. The summed E-state index contributed by atoms with van der Waals surface area (Å²) >= 11 is 0. The summed E-state index contributed by atoms with van der Waals surface area (Å²) in [6, 6.07) is 0. The maximum atomic E-state index is 11.8. The summed E-state index contributed by atoms with van der Waals surface area (Å²) in [6.45, 7) is 0.0583. The van der Waals surface area contributed by atoms with Crippen LogP contribution in [-0.2, 0) is 23.2 Å². The van der Waals surface area contributed by atoms with Crippen LogP contribution in [0.25, 0.3) is 0 Å². The van der Waals surface area contributed by atoms with E-state index in [-0.39, 0.29) is 24.2 Å². The number of carbonyl (C=O) groups is 1. The molecule has 0 aromatic carbocycles. The van der Waals surface area contributed by atoms with Gasteiger partial charge in [0.25, 0.3) is 0 Å². The molecule has 0 amide bonds. The second-order valence-corrected chi connectivity index (χ2v) is 4.95. The van der Waals surface area contributed by atoms with E-state index in [0.717, 1.165) is 18.8 Å². The van der Waals surface area contributed by atoms with Crippen LogP contribution in [0.1, 0.15) is 25.1 Å². The Balaban J connectivity index is 1.57. The standard InChI is InChI=1S/C11H15N3O3/c1-14-11(16)12-9(13-14)5-17-10(15)7-3-2-6-4-8(6)7/h6-8H,2-5H2,1H3,(H,12,13,16)/t6-,7-,8+/m1/s1. The van der Waals surface area contributed by atoms with Crippen LogP contribution in [0.4, 0.5) is 0 Å². The summed E-state index contributed by atoms with van der Waals surface area (Å²) in [6.07, 6.45) is 3.29. The molecule has 1 aromatic heterocycles. The largest absolute Gasteiger partial charge is 0.457 e. The highest BCUT2D eigenvalue weighted by Gasteiger charge is 2.51. The van der Waals surface area contributed by atoms with Crippen LogP contribution in [0.2, 0.25) is 0 Å². The van der Waals surface area contributed by atoms with E-state index in [0.29, 0.717) is 11.7 Å². The number of aromatic amines is 1. The SMILES string of the molecule is Cn1nc(COC(=O)[C@@H]2CC[C@@H]3C[C@@H]32)[nH]c1=O. The molecule has 1 aromatic rings. The van der Waals surface area contributed by atoms with Crippen molar-refractivity contribution >= 4 is 5.97 Å². The fourth-order valence-corrected chi connectivity index (χ4v) is 2.76. The van der Waals surface area contributed by atoms with Crippen molar-refractivity contribution in [2.45, 2.75) is 25.9 Å². The lowest BCUT2D eigenvalue weighted by Crippen LogP contribution is -2.18. The van der Waals surface area contributed by atoms with Crippen molar-refractivity contribution in [3.63, 3.8) is 0 Å². The van der Waals surface area contributed by atoms with Crippen molar-refractivity contribution in [3.8, 4) is 0 Å². The van der Waals surface area contributed by atoms with Gasteiger partial charge in [-0.2, -0.15) is 5.10 Å². The Morgan fingerprint density at radius 1 is 1.59 bits per heavy atom. The number of hydrogen-bond donors (Lipinski definition) is 1. The second-order valence-electron chi connectivity index (χ2n) is 4.95. The smallest absolute Gasteiger partial charge is 0.343 e. The Morgan fingerprint density at radius 2 is 2.41 bits per heavy atom. The number of rotatable bonds is 3. The second kappa shape index (κ2) is 3.72. The van der Waals surface area contributed by atoms with Crippen LogP contribution in [0, 0.1) is 17.8 Å².